The van der Waals surface area contributed by atoms with Gasteiger partial charge in [0.05, 0.1) is 13.0 Å². The summed E-state index contributed by atoms with van der Waals surface area (Å²) in [5, 5.41) is 5.26. The van der Waals surface area contributed by atoms with E-state index in [0.29, 0.717) is 5.56 Å². The lowest BCUT2D eigenvalue weighted by molar-refractivity contribution is -0.144. The largest absolute Gasteiger partial charge is 0.466 e. The molecule has 1 aromatic rings. The summed E-state index contributed by atoms with van der Waals surface area (Å²) in [7, 11) is 0. The standard InChI is InChI=1S/C26H37N3O6/c1-7-18-10-9-11-19(15-18)23(24(32)27-13-12-22(31)34-8-2)29(20-14-17(20)3)21(30)16-28-25(33)35-26(4,5)6/h7,9-11,15,17,20,23H,1,8,12-14,16H2,2-6H3,(H,27,32)(H,28,33). The summed E-state index contributed by atoms with van der Waals surface area (Å²) in [6.45, 7) is 12.7. The van der Waals surface area contributed by atoms with Crippen molar-refractivity contribution >= 4 is 30.0 Å². The van der Waals surface area contributed by atoms with Crippen molar-refractivity contribution in [1.82, 2.24) is 15.5 Å². The molecule has 192 valence electrons. The minimum Gasteiger partial charge on any atom is -0.466 e. The van der Waals surface area contributed by atoms with Crippen molar-refractivity contribution in [1.29, 1.82) is 0 Å². The maximum Gasteiger partial charge on any atom is 0.408 e. The van der Waals surface area contributed by atoms with Crippen LogP contribution in [0, 0.1) is 5.92 Å². The number of nitrogens with one attached hydrogen (secondary N) is 2. The molecule has 3 unspecified atom stereocenters. The Morgan fingerprint density at radius 3 is 2.49 bits per heavy atom. The molecule has 3 amide bonds. The van der Waals surface area contributed by atoms with Crippen LogP contribution in [-0.2, 0) is 23.9 Å². The number of carbonyl (C=O) groups is 4. The van der Waals surface area contributed by atoms with Crippen LogP contribution in [0.4, 0.5) is 4.79 Å². The molecular formula is C26H37N3O6. The summed E-state index contributed by atoms with van der Waals surface area (Å²) in [5.41, 5.74) is 0.709. The van der Waals surface area contributed by atoms with E-state index in [1.165, 1.54) is 4.90 Å². The first-order valence-corrected chi connectivity index (χ1v) is 11.9. The zero-order chi connectivity index (χ0) is 26.2. The summed E-state index contributed by atoms with van der Waals surface area (Å²) < 4.78 is 10.1. The monoisotopic (exact) mass is 487 g/mol. The number of benzene rings is 1. The normalized spacial score (nSPS) is 17.5. The van der Waals surface area contributed by atoms with Crippen molar-refractivity contribution in [2.24, 2.45) is 5.92 Å². The number of ether oxygens (including phenoxy) is 2. The summed E-state index contributed by atoms with van der Waals surface area (Å²) in [6.07, 6.45) is 1.72. The first kappa shape index (κ1) is 27.9. The zero-order valence-electron chi connectivity index (χ0n) is 21.3. The first-order valence-electron chi connectivity index (χ1n) is 11.9. The van der Waals surface area contributed by atoms with Crippen molar-refractivity contribution < 1.29 is 28.7 Å². The number of hydrogen-bond donors (Lipinski definition) is 2. The molecule has 1 fully saturated rings. The molecular weight excluding hydrogens is 450 g/mol. The minimum absolute atomic E-state index is 0.0208. The highest BCUT2D eigenvalue weighted by molar-refractivity contribution is 5.91. The quantitative estimate of drug-likeness (QED) is 0.464. The SMILES string of the molecule is C=Cc1cccc(C(C(=O)NCCC(=O)OCC)N(C(=O)CNC(=O)OC(C)(C)C)C2CC2C)c1. The van der Waals surface area contributed by atoms with Crippen LogP contribution < -0.4 is 10.6 Å². The van der Waals surface area contributed by atoms with Gasteiger partial charge < -0.3 is 25.0 Å². The van der Waals surface area contributed by atoms with Gasteiger partial charge >= 0.3 is 12.1 Å². The van der Waals surface area contributed by atoms with E-state index in [0.717, 1.165) is 12.0 Å². The lowest BCUT2D eigenvalue weighted by atomic mass is 10.0. The van der Waals surface area contributed by atoms with Crippen LogP contribution in [0.5, 0.6) is 0 Å². The molecule has 35 heavy (non-hydrogen) atoms. The third kappa shape index (κ3) is 8.73. The lowest BCUT2D eigenvalue weighted by Crippen LogP contribution is -2.49. The molecule has 1 saturated carbocycles. The van der Waals surface area contributed by atoms with E-state index in [1.807, 2.05) is 13.0 Å². The molecule has 1 aliphatic carbocycles. The minimum atomic E-state index is -0.944. The average molecular weight is 488 g/mol. The van der Waals surface area contributed by atoms with E-state index in [2.05, 4.69) is 17.2 Å². The van der Waals surface area contributed by atoms with Crippen molar-refractivity contribution in [3.05, 3.63) is 42.0 Å². The molecule has 2 N–H and O–H groups in total. The van der Waals surface area contributed by atoms with E-state index in [1.54, 1.807) is 52.0 Å². The van der Waals surface area contributed by atoms with Crippen LogP contribution >= 0.6 is 0 Å². The molecule has 0 bridgehead atoms. The Labute approximate surface area is 207 Å². The van der Waals surface area contributed by atoms with Gasteiger partial charge in [-0.15, -0.1) is 0 Å². The number of amides is 3. The van der Waals surface area contributed by atoms with Gasteiger partial charge in [0.25, 0.3) is 0 Å². The van der Waals surface area contributed by atoms with Gasteiger partial charge in [-0.1, -0.05) is 37.8 Å². The van der Waals surface area contributed by atoms with Gasteiger partial charge in [-0.25, -0.2) is 4.79 Å². The van der Waals surface area contributed by atoms with Crippen LogP contribution in [0.25, 0.3) is 6.08 Å². The zero-order valence-corrected chi connectivity index (χ0v) is 21.3. The molecule has 1 aromatic carbocycles. The molecule has 2 rings (SSSR count). The van der Waals surface area contributed by atoms with Gasteiger partial charge in [-0.2, -0.15) is 0 Å². The molecule has 9 heteroatoms. The Balaban J connectivity index is 2.27. The summed E-state index contributed by atoms with van der Waals surface area (Å²) in [5.74, 6) is -1.03. The number of rotatable bonds is 11. The fraction of sp³-hybridized carbons (Fsp3) is 0.538. The van der Waals surface area contributed by atoms with Crippen molar-refractivity contribution in [2.45, 2.75) is 65.1 Å². The topological polar surface area (TPSA) is 114 Å². The molecule has 3 atom stereocenters. The van der Waals surface area contributed by atoms with E-state index in [4.69, 9.17) is 9.47 Å². The van der Waals surface area contributed by atoms with Gasteiger partial charge in [-0.3, -0.25) is 14.4 Å². The maximum atomic E-state index is 13.4. The van der Waals surface area contributed by atoms with Crippen molar-refractivity contribution in [2.75, 3.05) is 19.7 Å². The molecule has 1 aliphatic rings. The van der Waals surface area contributed by atoms with Gasteiger partial charge in [0.15, 0.2) is 0 Å². The Bertz CT molecular complexity index is 939. The second-order valence-electron chi connectivity index (χ2n) is 9.56. The number of nitrogens with zero attached hydrogens (tertiary/aromatic N) is 1. The first-order chi connectivity index (χ1) is 16.5. The molecule has 0 aromatic heterocycles. The predicted octanol–water partition coefficient (Wildman–Crippen LogP) is 3.20. The Kier molecular flexibility index (Phi) is 9.86. The van der Waals surface area contributed by atoms with Crippen LogP contribution in [-0.4, -0.2) is 60.1 Å². The summed E-state index contributed by atoms with van der Waals surface area (Å²) >= 11 is 0. The molecule has 0 saturated heterocycles. The fourth-order valence-electron chi connectivity index (χ4n) is 3.68. The third-order valence-corrected chi connectivity index (χ3v) is 5.42. The van der Waals surface area contributed by atoms with Gasteiger partial charge in [-0.05, 0) is 57.2 Å². The third-order valence-electron chi connectivity index (χ3n) is 5.42. The highest BCUT2D eigenvalue weighted by atomic mass is 16.6. The van der Waals surface area contributed by atoms with Crippen molar-refractivity contribution in [3.8, 4) is 0 Å². The smallest absolute Gasteiger partial charge is 0.408 e. The second kappa shape index (κ2) is 12.4. The second-order valence-corrected chi connectivity index (χ2v) is 9.56. The Morgan fingerprint density at radius 2 is 1.91 bits per heavy atom. The number of esters is 1. The summed E-state index contributed by atoms with van der Waals surface area (Å²) in [6, 6.07) is 6.12. The van der Waals surface area contributed by atoms with Gasteiger partial charge in [0.1, 0.15) is 18.2 Å². The van der Waals surface area contributed by atoms with Crippen LogP contribution in [0.1, 0.15) is 64.6 Å². The number of hydrogen-bond acceptors (Lipinski definition) is 6. The molecule has 9 nitrogen and oxygen atoms in total. The Hall–Kier alpha value is -3.36. The van der Waals surface area contributed by atoms with E-state index >= 15 is 0 Å². The van der Waals surface area contributed by atoms with Crippen LogP contribution in [0.3, 0.4) is 0 Å². The maximum absolute atomic E-state index is 13.4. The number of alkyl carbamates (subject to hydrolysis) is 1. The van der Waals surface area contributed by atoms with Gasteiger partial charge in [0.2, 0.25) is 11.8 Å². The highest BCUT2D eigenvalue weighted by Gasteiger charge is 2.46. The predicted molar refractivity (Wildman–Crippen MR) is 132 cm³/mol. The highest BCUT2D eigenvalue weighted by Crippen LogP contribution is 2.40. The molecule has 0 radical (unpaired) electrons. The number of carbonyl (C=O) groups excluding carboxylic acids is 4. The summed E-state index contributed by atoms with van der Waals surface area (Å²) in [4.78, 5) is 52.1. The average Bonchev–Trinajstić information content (AvgIpc) is 3.50. The van der Waals surface area contributed by atoms with E-state index in [-0.39, 0.29) is 38.1 Å². The van der Waals surface area contributed by atoms with Crippen LogP contribution in [0.15, 0.2) is 30.8 Å². The molecule has 0 heterocycles. The van der Waals surface area contributed by atoms with Crippen molar-refractivity contribution in [3.63, 3.8) is 0 Å². The fourth-order valence-corrected chi connectivity index (χ4v) is 3.68. The molecule has 0 spiro atoms. The van der Waals surface area contributed by atoms with E-state index in [9.17, 15) is 19.2 Å². The van der Waals surface area contributed by atoms with E-state index < -0.39 is 35.5 Å². The molecule has 0 aliphatic heterocycles. The van der Waals surface area contributed by atoms with Crippen LogP contribution in [0.2, 0.25) is 0 Å². The Morgan fingerprint density at radius 1 is 1.23 bits per heavy atom. The van der Waals surface area contributed by atoms with Gasteiger partial charge in [0, 0.05) is 12.6 Å². The lowest BCUT2D eigenvalue weighted by Gasteiger charge is -2.32.